The van der Waals surface area contributed by atoms with E-state index in [9.17, 15) is 0 Å². The van der Waals surface area contributed by atoms with Gasteiger partial charge in [0.2, 0.25) is 0 Å². The van der Waals surface area contributed by atoms with E-state index in [1.54, 1.807) is 5.56 Å². The molecule has 21 heavy (non-hydrogen) atoms. The highest BCUT2D eigenvalue weighted by Crippen LogP contribution is 2.42. The minimum atomic E-state index is 0.954. The van der Waals surface area contributed by atoms with E-state index >= 15 is 0 Å². The molecule has 2 aliphatic carbocycles. The lowest BCUT2D eigenvalue weighted by atomic mass is 9.68. The van der Waals surface area contributed by atoms with E-state index in [2.05, 4.69) is 37.3 Å². The second kappa shape index (κ2) is 7.47. The van der Waals surface area contributed by atoms with Gasteiger partial charge in [-0.15, -0.1) is 0 Å². The van der Waals surface area contributed by atoms with Gasteiger partial charge in [-0.3, -0.25) is 0 Å². The molecule has 0 atom stereocenters. The minimum Gasteiger partial charge on any atom is -0.0651 e. The molecule has 0 nitrogen and oxygen atoms in total. The van der Waals surface area contributed by atoms with E-state index in [1.165, 1.54) is 64.2 Å². The van der Waals surface area contributed by atoms with Crippen LogP contribution in [0.25, 0.3) is 0 Å². The molecular weight excluding hydrogens is 252 g/mol. The zero-order chi connectivity index (χ0) is 14.5. The molecule has 2 fully saturated rings. The fraction of sp³-hybridized carbons (Fsp3) is 0.714. The van der Waals surface area contributed by atoms with Gasteiger partial charge in [-0.2, -0.15) is 0 Å². The molecule has 1 aromatic rings. The largest absolute Gasteiger partial charge is 0.0651 e. The lowest BCUT2D eigenvalue weighted by molar-refractivity contribution is 0.145. The van der Waals surface area contributed by atoms with Crippen molar-refractivity contribution in [2.24, 2.45) is 23.7 Å². The molecule has 0 bridgehead atoms. The Balaban J connectivity index is 1.43. The summed E-state index contributed by atoms with van der Waals surface area (Å²) in [5.41, 5.74) is 1.55. The van der Waals surface area contributed by atoms with Gasteiger partial charge < -0.3 is 0 Å². The van der Waals surface area contributed by atoms with Gasteiger partial charge in [0.05, 0.1) is 0 Å². The summed E-state index contributed by atoms with van der Waals surface area (Å²) in [6, 6.07) is 11.1. The van der Waals surface area contributed by atoms with Gasteiger partial charge in [-0.05, 0) is 74.2 Å². The van der Waals surface area contributed by atoms with E-state index in [1.807, 2.05) is 0 Å². The summed E-state index contributed by atoms with van der Waals surface area (Å²) >= 11 is 0. The molecular formula is C21H32. The number of hydrogen-bond acceptors (Lipinski definition) is 0. The van der Waals surface area contributed by atoms with Gasteiger partial charge in [0.25, 0.3) is 0 Å². The fourth-order valence-electron chi connectivity index (χ4n) is 4.88. The molecule has 3 rings (SSSR count). The molecule has 0 aromatic heterocycles. The van der Waals surface area contributed by atoms with Crippen LogP contribution in [-0.4, -0.2) is 0 Å². The van der Waals surface area contributed by atoms with Crippen molar-refractivity contribution in [2.45, 2.75) is 71.1 Å². The summed E-state index contributed by atoms with van der Waals surface area (Å²) in [6.45, 7) is 2.37. The van der Waals surface area contributed by atoms with Crippen molar-refractivity contribution in [1.29, 1.82) is 0 Å². The number of rotatable bonds is 4. The van der Waals surface area contributed by atoms with Gasteiger partial charge in [-0.1, -0.05) is 56.5 Å². The Morgan fingerprint density at radius 3 is 1.76 bits per heavy atom. The van der Waals surface area contributed by atoms with Crippen LogP contribution < -0.4 is 0 Å². The Morgan fingerprint density at radius 1 is 0.714 bits per heavy atom. The summed E-state index contributed by atoms with van der Waals surface area (Å²) in [5.74, 6) is 4.15. The van der Waals surface area contributed by atoms with Crippen molar-refractivity contribution in [2.75, 3.05) is 0 Å². The van der Waals surface area contributed by atoms with Crippen LogP contribution in [0.2, 0.25) is 0 Å². The predicted octanol–water partition coefficient (Wildman–Crippen LogP) is 6.25. The van der Waals surface area contributed by atoms with Crippen LogP contribution in [0.1, 0.15) is 70.3 Å². The molecule has 0 N–H and O–H groups in total. The Kier molecular flexibility index (Phi) is 5.38. The summed E-state index contributed by atoms with van der Waals surface area (Å²) in [6.07, 6.45) is 14.8. The van der Waals surface area contributed by atoms with Gasteiger partial charge in [0.1, 0.15) is 0 Å². The van der Waals surface area contributed by atoms with Crippen LogP contribution in [0.15, 0.2) is 30.3 Å². The van der Waals surface area contributed by atoms with Crippen LogP contribution in [0, 0.1) is 23.7 Å². The quantitative estimate of drug-likeness (QED) is 0.613. The van der Waals surface area contributed by atoms with Crippen molar-refractivity contribution >= 4 is 0 Å². The van der Waals surface area contributed by atoms with Crippen LogP contribution in [0.5, 0.6) is 0 Å². The summed E-state index contributed by atoms with van der Waals surface area (Å²) in [5, 5.41) is 0. The number of benzene rings is 1. The third-order valence-electron chi connectivity index (χ3n) is 6.39. The molecule has 0 amide bonds. The average molecular weight is 284 g/mol. The normalized spacial score (nSPS) is 33.8. The maximum absolute atomic E-state index is 2.37. The van der Waals surface area contributed by atoms with Crippen molar-refractivity contribution in [3.05, 3.63) is 35.9 Å². The monoisotopic (exact) mass is 284 g/mol. The van der Waals surface area contributed by atoms with E-state index in [0.717, 1.165) is 23.7 Å². The average Bonchev–Trinajstić information content (AvgIpc) is 2.57. The Bertz CT molecular complexity index is 391. The fourth-order valence-corrected chi connectivity index (χ4v) is 4.88. The third kappa shape index (κ3) is 4.11. The molecule has 0 heterocycles. The second-order valence-corrected chi connectivity index (χ2v) is 7.66. The molecule has 0 radical (unpaired) electrons. The van der Waals surface area contributed by atoms with Crippen molar-refractivity contribution in [1.82, 2.24) is 0 Å². The minimum absolute atomic E-state index is 0.954. The molecule has 0 aliphatic heterocycles. The molecule has 0 heteroatoms. The highest BCUT2D eigenvalue weighted by Gasteiger charge is 2.30. The molecule has 0 saturated heterocycles. The predicted molar refractivity (Wildman–Crippen MR) is 91.3 cm³/mol. The third-order valence-corrected chi connectivity index (χ3v) is 6.39. The first kappa shape index (κ1) is 15.1. The summed E-state index contributed by atoms with van der Waals surface area (Å²) in [4.78, 5) is 0. The molecule has 116 valence electrons. The van der Waals surface area contributed by atoms with Gasteiger partial charge in [0.15, 0.2) is 0 Å². The van der Waals surface area contributed by atoms with Crippen molar-refractivity contribution < 1.29 is 0 Å². The van der Waals surface area contributed by atoms with Crippen molar-refractivity contribution in [3.63, 3.8) is 0 Å². The summed E-state index contributed by atoms with van der Waals surface area (Å²) in [7, 11) is 0. The first-order valence-electron chi connectivity index (χ1n) is 9.39. The van der Waals surface area contributed by atoms with Gasteiger partial charge in [-0.25, -0.2) is 0 Å². The second-order valence-electron chi connectivity index (χ2n) is 7.66. The first-order valence-corrected chi connectivity index (χ1v) is 9.39. The lowest BCUT2D eigenvalue weighted by Gasteiger charge is -2.37. The molecule has 1 aromatic carbocycles. The smallest absolute Gasteiger partial charge is 0.0250 e. The highest BCUT2D eigenvalue weighted by atomic mass is 14.4. The highest BCUT2D eigenvalue weighted by molar-refractivity contribution is 5.15. The topological polar surface area (TPSA) is 0 Å². The van der Waals surface area contributed by atoms with E-state index in [4.69, 9.17) is 0 Å². The summed E-state index contributed by atoms with van der Waals surface area (Å²) < 4.78 is 0. The Hall–Kier alpha value is -0.780. The lowest BCUT2D eigenvalue weighted by Crippen LogP contribution is -2.26. The molecule has 0 unspecified atom stereocenters. The zero-order valence-corrected chi connectivity index (χ0v) is 13.8. The van der Waals surface area contributed by atoms with Crippen LogP contribution in [-0.2, 0) is 6.42 Å². The molecule has 2 saturated carbocycles. The first-order chi connectivity index (χ1) is 10.3. The van der Waals surface area contributed by atoms with Gasteiger partial charge >= 0.3 is 0 Å². The maximum Gasteiger partial charge on any atom is -0.0250 e. The Morgan fingerprint density at radius 2 is 1.24 bits per heavy atom. The van der Waals surface area contributed by atoms with E-state index in [0.29, 0.717) is 0 Å². The van der Waals surface area contributed by atoms with Crippen LogP contribution in [0.3, 0.4) is 0 Å². The molecule has 2 aliphatic rings. The maximum atomic E-state index is 2.37. The van der Waals surface area contributed by atoms with E-state index in [-0.39, 0.29) is 0 Å². The SMILES string of the molecule is CC[C@H]1CC[C@H]([C@H]2CC[C@H](Cc3ccccc3)CC2)CC1. The van der Waals surface area contributed by atoms with Crippen molar-refractivity contribution in [3.8, 4) is 0 Å². The standard InChI is InChI=1S/C21H32/c1-2-17-8-12-20(13-9-17)21-14-10-19(11-15-21)16-18-6-4-3-5-7-18/h3-7,17,19-21H,2,8-16H2,1H3/t17-,19-,20-,21-. The zero-order valence-electron chi connectivity index (χ0n) is 13.8. The number of hydrogen-bond donors (Lipinski definition) is 0. The molecule has 0 spiro atoms. The van der Waals surface area contributed by atoms with Gasteiger partial charge in [0, 0.05) is 0 Å². The Labute approximate surface area is 131 Å². The van der Waals surface area contributed by atoms with Crippen LogP contribution in [0.4, 0.5) is 0 Å². The van der Waals surface area contributed by atoms with E-state index < -0.39 is 0 Å². The van der Waals surface area contributed by atoms with Crippen LogP contribution >= 0.6 is 0 Å².